The van der Waals surface area contributed by atoms with Crippen LogP contribution >= 0.6 is 11.6 Å². The number of hydrogen-bond acceptors (Lipinski definition) is 3. The number of rotatable bonds is 9. The summed E-state index contributed by atoms with van der Waals surface area (Å²) in [7, 11) is 2.06. The summed E-state index contributed by atoms with van der Waals surface area (Å²) in [5.74, 6) is 0.826. The third-order valence-electron chi connectivity index (χ3n) is 3.71. The maximum Gasteiger partial charge on any atom is 0.0802 e. The van der Waals surface area contributed by atoms with Crippen molar-refractivity contribution >= 4 is 11.6 Å². The number of aliphatic hydroxyl groups is 1. The van der Waals surface area contributed by atoms with Gasteiger partial charge in [-0.2, -0.15) is 0 Å². The van der Waals surface area contributed by atoms with Crippen molar-refractivity contribution in [3.8, 4) is 0 Å². The van der Waals surface area contributed by atoms with Gasteiger partial charge in [0, 0.05) is 24.7 Å². The van der Waals surface area contributed by atoms with E-state index in [0.29, 0.717) is 5.02 Å². The minimum atomic E-state index is -0.429. The molecule has 1 unspecified atom stereocenters. The molecule has 0 radical (unpaired) electrons. The van der Waals surface area contributed by atoms with Crippen LogP contribution in [0.3, 0.4) is 0 Å². The molecule has 0 aliphatic heterocycles. The molecule has 0 amide bonds. The predicted molar refractivity (Wildman–Crippen MR) is 82.1 cm³/mol. The van der Waals surface area contributed by atoms with E-state index in [1.807, 2.05) is 24.3 Å². The van der Waals surface area contributed by atoms with Gasteiger partial charge in [0.05, 0.1) is 12.7 Å². The number of nitrogens with zero attached hydrogens (tertiary/aromatic N) is 1. The van der Waals surface area contributed by atoms with Gasteiger partial charge in [-0.1, -0.05) is 23.7 Å². The highest BCUT2D eigenvalue weighted by atomic mass is 35.5. The van der Waals surface area contributed by atoms with Crippen molar-refractivity contribution in [2.24, 2.45) is 5.92 Å². The highest BCUT2D eigenvalue weighted by molar-refractivity contribution is 6.30. The fourth-order valence-corrected chi connectivity index (χ4v) is 2.19. The molecule has 1 saturated carbocycles. The molecule has 1 aromatic carbocycles. The number of halogens is 1. The lowest BCUT2D eigenvalue weighted by Gasteiger charge is -2.19. The zero-order chi connectivity index (χ0) is 14.4. The fraction of sp³-hybridized carbons (Fsp3) is 0.625. The average molecular weight is 298 g/mol. The molecule has 0 aromatic heterocycles. The van der Waals surface area contributed by atoms with E-state index in [2.05, 4.69) is 11.9 Å². The molecular formula is C16H24ClNO2. The second kappa shape index (κ2) is 7.99. The van der Waals surface area contributed by atoms with Crippen LogP contribution in [-0.2, 0) is 4.74 Å². The first-order valence-electron chi connectivity index (χ1n) is 7.35. The molecule has 0 spiro atoms. The summed E-state index contributed by atoms with van der Waals surface area (Å²) in [5.41, 5.74) is 0.924. The molecule has 20 heavy (non-hydrogen) atoms. The van der Waals surface area contributed by atoms with Crippen LogP contribution < -0.4 is 0 Å². The summed E-state index contributed by atoms with van der Waals surface area (Å²) >= 11 is 5.84. The van der Waals surface area contributed by atoms with Gasteiger partial charge in [0.25, 0.3) is 0 Å². The van der Waals surface area contributed by atoms with E-state index in [1.54, 1.807) is 0 Å². The Morgan fingerprint density at radius 3 is 2.65 bits per heavy atom. The topological polar surface area (TPSA) is 32.7 Å². The monoisotopic (exact) mass is 297 g/mol. The summed E-state index contributed by atoms with van der Waals surface area (Å²) in [4.78, 5) is 2.20. The highest BCUT2D eigenvalue weighted by Crippen LogP contribution is 2.28. The highest BCUT2D eigenvalue weighted by Gasteiger charge is 2.20. The standard InChI is InChI=1S/C16H24ClNO2/c1-18(10-11-20-12-13-2-3-13)9-8-16(19)14-4-6-15(17)7-5-14/h4-7,13,16,19H,2-3,8-12H2,1H3. The molecular weight excluding hydrogens is 274 g/mol. The first-order valence-corrected chi connectivity index (χ1v) is 7.73. The number of hydrogen-bond donors (Lipinski definition) is 1. The molecule has 0 heterocycles. The molecule has 3 nitrogen and oxygen atoms in total. The molecule has 1 fully saturated rings. The third kappa shape index (κ3) is 5.80. The largest absolute Gasteiger partial charge is 0.388 e. The summed E-state index contributed by atoms with van der Waals surface area (Å²) in [5, 5.41) is 10.8. The molecule has 1 N–H and O–H groups in total. The maximum absolute atomic E-state index is 10.1. The molecule has 1 atom stereocenters. The van der Waals surface area contributed by atoms with E-state index < -0.39 is 6.10 Å². The van der Waals surface area contributed by atoms with Crippen molar-refractivity contribution in [1.82, 2.24) is 4.90 Å². The van der Waals surface area contributed by atoms with Crippen molar-refractivity contribution in [2.45, 2.75) is 25.4 Å². The van der Waals surface area contributed by atoms with E-state index >= 15 is 0 Å². The van der Waals surface area contributed by atoms with Gasteiger partial charge in [0.15, 0.2) is 0 Å². The lowest BCUT2D eigenvalue weighted by molar-refractivity contribution is 0.0948. The van der Waals surface area contributed by atoms with Gasteiger partial charge in [0.1, 0.15) is 0 Å². The van der Waals surface area contributed by atoms with Crippen molar-refractivity contribution in [2.75, 3.05) is 33.4 Å². The Bertz CT molecular complexity index is 392. The lowest BCUT2D eigenvalue weighted by Crippen LogP contribution is -2.25. The maximum atomic E-state index is 10.1. The Kier molecular flexibility index (Phi) is 6.30. The smallest absolute Gasteiger partial charge is 0.0802 e. The van der Waals surface area contributed by atoms with Gasteiger partial charge in [-0.3, -0.25) is 0 Å². The van der Waals surface area contributed by atoms with Gasteiger partial charge < -0.3 is 14.7 Å². The number of ether oxygens (including phenoxy) is 1. The van der Waals surface area contributed by atoms with Crippen LogP contribution in [0.25, 0.3) is 0 Å². The Hall–Kier alpha value is -0.610. The van der Waals surface area contributed by atoms with Crippen molar-refractivity contribution in [3.63, 3.8) is 0 Å². The molecule has 1 aromatic rings. The van der Waals surface area contributed by atoms with E-state index in [9.17, 15) is 5.11 Å². The molecule has 0 saturated heterocycles. The zero-order valence-corrected chi connectivity index (χ0v) is 12.9. The molecule has 1 aliphatic rings. The summed E-state index contributed by atoms with van der Waals surface area (Å²) in [6, 6.07) is 7.39. The van der Waals surface area contributed by atoms with E-state index in [1.165, 1.54) is 12.8 Å². The fourth-order valence-electron chi connectivity index (χ4n) is 2.06. The lowest BCUT2D eigenvalue weighted by atomic mass is 10.1. The molecule has 4 heteroatoms. The van der Waals surface area contributed by atoms with Gasteiger partial charge in [-0.05, 0) is 49.9 Å². The van der Waals surface area contributed by atoms with Crippen molar-refractivity contribution in [3.05, 3.63) is 34.9 Å². The first-order chi connectivity index (χ1) is 9.65. The molecule has 2 rings (SSSR count). The SMILES string of the molecule is CN(CCOCC1CC1)CCC(O)c1ccc(Cl)cc1. The number of aliphatic hydroxyl groups excluding tert-OH is 1. The first kappa shape index (κ1) is 15.8. The van der Waals surface area contributed by atoms with Crippen LogP contribution in [0.5, 0.6) is 0 Å². The van der Waals surface area contributed by atoms with Crippen LogP contribution in [0.2, 0.25) is 5.02 Å². The average Bonchev–Trinajstić information content (AvgIpc) is 3.26. The van der Waals surface area contributed by atoms with E-state index in [0.717, 1.165) is 44.2 Å². The predicted octanol–water partition coefficient (Wildman–Crippen LogP) is 3.12. The second-order valence-electron chi connectivity index (χ2n) is 5.68. The quantitative estimate of drug-likeness (QED) is 0.711. The van der Waals surface area contributed by atoms with Crippen LogP contribution in [0.4, 0.5) is 0 Å². The van der Waals surface area contributed by atoms with Crippen LogP contribution in [0, 0.1) is 5.92 Å². The second-order valence-corrected chi connectivity index (χ2v) is 6.11. The molecule has 112 valence electrons. The van der Waals surface area contributed by atoms with Crippen LogP contribution in [0.15, 0.2) is 24.3 Å². The van der Waals surface area contributed by atoms with Crippen molar-refractivity contribution < 1.29 is 9.84 Å². The summed E-state index contributed by atoms with van der Waals surface area (Å²) < 4.78 is 5.61. The normalized spacial score (nSPS) is 16.6. The minimum absolute atomic E-state index is 0.429. The number of likely N-dealkylation sites (N-methyl/N-ethyl adjacent to an activating group) is 1. The van der Waals surface area contributed by atoms with Gasteiger partial charge in [-0.25, -0.2) is 0 Å². The van der Waals surface area contributed by atoms with E-state index in [4.69, 9.17) is 16.3 Å². The van der Waals surface area contributed by atoms with Crippen LogP contribution in [-0.4, -0.2) is 43.4 Å². The van der Waals surface area contributed by atoms with Crippen molar-refractivity contribution in [1.29, 1.82) is 0 Å². The van der Waals surface area contributed by atoms with Gasteiger partial charge in [0.2, 0.25) is 0 Å². The number of benzene rings is 1. The molecule has 1 aliphatic carbocycles. The van der Waals surface area contributed by atoms with Crippen LogP contribution in [0.1, 0.15) is 30.9 Å². The Balaban J connectivity index is 1.59. The Morgan fingerprint density at radius 1 is 1.30 bits per heavy atom. The van der Waals surface area contributed by atoms with E-state index in [-0.39, 0.29) is 0 Å². The minimum Gasteiger partial charge on any atom is -0.388 e. The Morgan fingerprint density at radius 2 is 2.00 bits per heavy atom. The molecule has 0 bridgehead atoms. The van der Waals surface area contributed by atoms with Gasteiger partial charge >= 0.3 is 0 Å². The summed E-state index contributed by atoms with van der Waals surface area (Å²) in [6.45, 7) is 3.47. The van der Waals surface area contributed by atoms with Gasteiger partial charge in [-0.15, -0.1) is 0 Å². The summed E-state index contributed by atoms with van der Waals surface area (Å²) in [6.07, 6.45) is 2.97. The Labute approximate surface area is 126 Å². The zero-order valence-electron chi connectivity index (χ0n) is 12.1. The third-order valence-corrected chi connectivity index (χ3v) is 3.96.